The van der Waals surface area contributed by atoms with E-state index in [0.29, 0.717) is 6.61 Å². The molecule has 1 N–H and O–H groups in total. The number of carboxylic acid groups (broad SMARTS) is 1. The van der Waals surface area contributed by atoms with Gasteiger partial charge in [0, 0.05) is 18.2 Å². The van der Waals surface area contributed by atoms with Gasteiger partial charge in [0.15, 0.2) is 0 Å². The number of aliphatic carboxylic acids is 1. The van der Waals surface area contributed by atoms with Crippen LogP contribution in [0.4, 0.5) is 0 Å². The van der Waals surface area contributed by atoms with Crippen molar-refractivity contribution < 1.29 is 19.4 Å². The molecule has 0 aromatic heterocycles. The zero-order valence-corrected chi connectivity index (χ0v) is 11.7. The van der Waals surface area contributed by atoms with Crippen molar-refractivity contribution in [2.24, 2.45) is 0 Å². The number of ether oxygens (including phenoxy) is 1. The number of carboxylic acids is 1. The van der Waals surface area contributed by atoms with Crippen LogP contribution in [0.15, 0.2) is 24.3 Å². The summed E-state index contributed by atoms with van der Waals surface area (Å²) in [6.07, 6.45) is -0.0425. The number of para-hydroxylation sites is 1. The highest BCUT2D eigenvalue weighted by atomic mass is 16.5. The van der Waals surface area contributed by atoms with Crippen molar-refractivity contribution >= 4 is 11.9 Å². The van der Waals surface area contributed by atoms with Gasteiger partial charge >= 0.3 is 5.97 Å². The molecule has 0 aliphatic carbocycles. The number of hydrogen-bond acceptors (Lipinski definition) is 3. The van der Waals surface area contributed by atoms with Crippen LogP contribution in [0.2, 0.25) is 0 Å². The highest BCUT2D eigenvalue weighted by Crippen LogP contribution is 2.34. The Morgan fingerprint density at radius 1 is 1.40 bits per heavy atom. The van der Waals surface area contributed by atoms with E-state index in [1.807, 2.05) is 38.1 Å². The molecule has 0 saturated carbocycles. The summed E-state index contributed by atoms with van der Waals surface area (Å²) in [5.74, 6) is -0.548. The first kappa shape index (κ1) is 14.4. The summed E-state index contributed by atoms with van der Waals surface area (Å²) < 4.78 is 5.52. The fraction of sp³-hybridized carbons (Fsp3) is 0.467. The van der Waals surface area contributed by atoms with Crippen molar-refractivity contribution in [3.05, 3.63) is 29.8 Å². The largest absolute Gasteiger partial charge is 0.492 e. The predicted molar refractivity (Wildman–Crippen MR) is 73.8 cm³/mol. The topological polar surface area (TPSA) is 66.8 Å². The van der Waals surface area contributed by atoms with Gasteiger partial charge in [0.25, 0.3) is 0 Å². The second-order valence-electron chi connectivity index (χ2n) is 5.17. The standard InChI is InChI=1S/C15H19NO4/c1-10(2)16(8-7-14(17)18)15(19)12-9-20-13-6-4-3-5-11(12)13/h3-6,10,12H,7-9H2,1-2H3,(H,17,18). The highest BCUT2D eigenvalue weighted by molar-refractivity contribution is 5.86. The average molecular weight is 277 g/mol. The van der Waals surface area contributed by atoms with Crippen molar-refractivity contribution in [2.75, 3.05) is 13.2 Å². The molecule has 20 heavy (non-hydrogen) atoms. The molecule has 0 spiro atoms. The molecule has 0 fully saturated rings. The highest BCUT2D eigenvalue weighted by Gasteiger charge is 2.34. The Hall–Kier alpha value is -2.04. The Morgan fingerprint density at radius 3 is 2.75 bits per heavy atom. The number of carbonyl (C=O) groups excluding carboxylic acids is 1. The molecule has 1 aliphatic heterocycles. The summed E-state index contributed by atoms with van der Waals surface area (Å²) in [6, 6.07) is 7.45. The van der Waals surface area contributed by atoms with Gasteiger partial charge in [-0.15, -0.1) is 0 Å². The van der Waals surface area contributed by atoms with Crippen molar-refractivity contribution in [1.82, 2.24) is 4.90 Å². The van der Waals surface area contributed by atoms with E-state index in [-0.39, 0.29) is 30.8 Å². The fourth-order valence-electron chi connectivity index (χ4n) is 2.41. The maximum absolute atomic E-state index is 12.6. The molecule has 5 nitrogen and oxygen atoms in total. The molecule has 1 amide bonds. The van der Waals surface area contributed by atoms with Gasteiger partial charge in [0.1, 0.15) is 18.3 Å². The first-order valence-corrected chi connectivity index (χ1v) is 6.74. The summed E-state index contributed by atoms with van der Waals surface area (Å²) >= 11 is 0. The molecule has 1 aliphatic rings. The van der Waals surface area contributed by atoms with Crippen LogP contribution in [0.5, 0.6) is 5.75 Å². The zero-order chi connectivity index (χ0) is 14.7. The lowest BCUT2D eigenvalue weighted by Gasteiger charge is -2.28. The van der Waals surface area contributed by atoms with E-state index in [2.05, 4.69) is 0 Å². The van der Waals surface area contributed by atoms with Gasteiger partial charge in [0.2, 0.25) is 5.91 Å². The molecule has 1 unspecified atom stereocenters. The lowest BCUT2D eigenvalue weighted by Crippen LogP contribution is -2.41. The molecular formula is C15H19NO4. The van der Waals surface area contributed by atoms with Gasteiger partial charge < -0.3 is 14.7 Å². The minimum absolute atomic E-state index is 0.0328. The summed E-state index contributed by atoms with van der Waals surface area (Å²) in [5.41, 5.74) is 0.887. The lowest BCUT2D eigenvalue weighted by atomic mass is 9.99. The quantitative estimate of drug-likeness (QED) is 0.892. The number of carbonyl (C=O) groups is 2. The predicted octanol–water partition coefficient (Wildman–Crippen LogP) is 1.87. The van der Waals surface area contributed by atoms with Gasteiger partial charge in [-0.25, -0.2) is 0 Å². The Balaban J connectivity index is 2.15. The molecule has 0 radical (unpaired) electrons. The lowest BCUT2D eigenvalue weighted by molar-refractivity contribution is -0.139. The van der Waals surface area contributed by atoms with E-state index in [9.17, 15) is 9.59 Å². The van der Waals surface area contributed by atoms with Crippen molar-refractivity contribution in [3.8, 4) is 5.75 Å². The van der Waals surface area contributed by atoms with Crippen molar-refractivity contribution in [3.63, 3.8) is 0 Å². The number of rotatable bonds is 5. The molecule has 5 heteroatoms. The molecule has 1 heterocycles. The van der Waals surface area contributed by atoms with Crippen LogP contribution in [0, 0.1) is 0 Å². The molecule has 0 saturated heterocycles. The van der Waals surface area contributed by atoms with Crippen molar-refractivity contribution in [1.29, 1.82) is 0 Å². The summed E-state index contributed by atoms with van der Waals surface area (Å²) in [5, 5.41) is 8.79. The number of hydrogen-bond donors (Lipinski definition) is 1. The first-order valence-electron chi connectivity index (χ1n) is 6.74. The van der Waals surface area contributed by atoms with Crippen LogP contribution >= 0.6 is 0 Å². The Morgan fingerprint density at radius 2 is 2.10 bits per heavy atom. The van der Waals surface area contributed by atoms with E-state index in [1.54, 1.807) is 4.90 Å². The molecule has 1 aromatic carbocycles. The Bertz CT molecular complexity index is 512. The zero-order valence-electron chi connectivity index (χ0n) is 11.7. The van der Waals surface area contributed by atoms with Gasteiger partial charge in [-0.3, -0.25) is 9.59 Å². The van der Waals surface area contributed by atoms with Crippen LogP contribution < -0.4 is 4.74 Å². The maximum atomic E-state index is 12.6. The normalized spacial score (nSPS) is 16.6. The van der Waals surface area contributed by atoms with Crippen LogP contribution in [0.25, 0.3) is 0 Å². The Labute approximate surface area is 118 Å². The van der Waals surface area contributed by atoms with E-state index in [4.69, 9.17) is 9.84 Å². The van der Waals surface area contributed by atoms with Crippen LogP contribution in [-0.2, 0) is 9.59 Å². The van der Waals surface area contributed by atoms with Crippen LogP contribution in [0.3, 0.4) is 0 Å². The molecule has 0 bridgehead atoms. The second kappa shape index (κ2) is 5.94. The first-order chi connectivity index (χ1) is 9.50. The van der Waals surface area contributed by atoms with E-state index in [1.165, 1.54) is 0 Å². The third-order valence-corrected chi connectivity index (χ3v) is 3.47. The molecule has 2 rings (SSSR count). The van der Waals surface area contributed by atoms with E-state index < -0.39 is 5.97 Å². The molecule has 1 aromatic rings. The van der Waals surface area contributed by atoms with Crippen molar-refractivity contribution in [2.45, 2.75) is 32.2 Å². The molecule has 1 atom stereocenters. The number of benzene rings is 1. The van der Waals surface area contributed by atoms with Gasteiger partial charge in [-0.2, -0.15) is 0 Å². The van der Waals surface area contributed by atoms with Crippen LogP contribution in [0.1, 0.15) is 31.7 Å². The third-order valence-electron chi connectivity index (χ3n) is 3.47. The SMILES string of the molecule is CC(C)N(CCC(=O)O)C(=O)C1COc2ccccc21. The summed E-state index contributed by atoms with van der Waals surface area (Å²) in [7, 11) is 0. The smallest absolute Gasteiger partial charge is 0.305 e. The second-order valence-corrected chi connectivity index (χ2v) is 5.17. The number of fused-ring (bicyclic) bond motifs is 1. The van der Waals surface area contributed by atoms with Gasteiger partial charge in [-0.05, 0) is 19.9 Å². The third kappa shape index (κ3) is 2.92. The van der Waals surface area contributed by atoms with Gasteiger partial charge in [0.05, 0.1) is 6.42 Å². The summed E-state index contributed by atoms with van der Waals surface area (Å²) in [4.78, 5) is 24.9. The van der Waals surface area contributed by atoms with E-state index in [0.717, 1.165) is 11.3 Å². The maximum Gasteiger partial charge on any atom is 0.305 e. The minimum atomic E-state index is -0.897. The molecule has 108 valence electrons. The van der Waals surface area contributed by atoms with Crippen LogP contribution in [-0.4, -0.2) is 41.1 Å². The summed E-state index contributed by atoms with van der Waals surface area (Å²) in [6.45, 7) is 4.34. The van der Waals surface area contributed by atoms with E-state index >= 15 is 0 Å². The number of amides is 1. The Kier molecular flexibility index (Phi) is 4.27. The monoisotopic (exact) mass is 277 g/mol. The average Bonchev–Trinajstić information content (AvgIpc) is 2.81. The minimum Gasteiger partial charge on any atom is -0.492 e. The fourth-order valence-corrected chi connectivity index (χ4v) is 2.41. The number of nitrogens with zero attached hydrogens (tertiary/aromatic N) is 1. The molecular weight excluding hydrogens is 258 g/mol. The van der Waals surface area contributed by atoms with Gasteiger partial charge in [-0.1, -0.05) is 18.2 Å².